The third-order valence-corrected chi connectivity index (χ3v) is 1.49. The Kier molecular flexibility index (Phi) is 5.46. The lowest BCUT2D eigenvalue weighted by Crippen LogP contribution is -2.41. The summed E-state index contributed by atoms with van der Waals surface area (Å²) < 4.78 is 0. The minimum absolute atomic E-state index is 0.110. The largest absolute Gasteiger partial charge is 0.390 e. The third kappa shape index (κ3) is 6.55. The molecular formula is C11H19N3O. The molecule has 0 unspecified atom stereocenters. The molecule has 0 aromatic heterocycles. The zero-order valence-corrected chi connectivity index (χ0v) is 9.85. The van der Waals surface area contributed by atoms with E-state index in [-0.39, 0.29) is 17.0 Å². The molecule has 0 aliphatic carbocycles. The fourth-order valence-electron chi connectivity index (χ4n) is 0.875. The van der Waals surface area contributed by atoms with Crippen LogP contribution in [-0.2, 0) is 4.79 Å². The average Bonchev–Trinajstić information content (AvgIpc) is 2.09. The fourth-order valence-corrected chi connectivity index (χ4v) is 0.875. The third-order valence-electron chi connectivity index (χ3n) is 1.49. The van der Waals surface area contributed by atoms with Crippen LogP contribution in [0.1, 0.15) is 34.1 Å². The summed E-state index contributed by atoms with van der Waals surface area (Å²) in [5.74, 6) is -0.339. The van der Waals surface area contributed by atoms with E-state index in [4.69, 9.17) is 5.26 Å². The van der Waals surface area contributed by atoms with Crippen molar-refractivity contribution in [2.45, 2.75) is 39.7 Å². The second-order valence-electron chi connectivity index (χ2n) is 4.33. The summed E-state index contributed by atoms with van der Waals surface area (Å²) in [5, 5.41) is 14.4. The predicted octanol–water partition coefficient (Wildman–Crippen LogP) is 1.31. The van der Waals surface area contributed by atoms with E-state index < -0.39 is 0 Å². The lowest BCUT2D eigenvalue weighted by molar-refractivity contribution is -0.118. The fraction of sp³-hybridized carbons (Fsp3) is 0.636. The number of nitriles is 1. The van der Waals surface area contributed by atoms with Crippen LogP contribution in [0.5, 0.6) is 0 Å². The quantitative estimate of drug-likeness (QED) is 0.417. The number of hydrogen-bond donors (Lipinski definition) is 2. The summed E-state index contributed by atoms with van der Waals surface area (Å²) in [6.07, 6.45) is 2.42. The van der Waals surface area contributed by atoms with Crippen LogP contribution in [0.3, 0.4) is 0 Å². The van der Waals surface area contributed by atoms with Crippen LogP contribution in [0.25, 0.3) is 0 Å². The molecule has 0 aromatic carbocycles. The molecule has 15 heavy (non-hydrogen) atoms. The van der Waals surface area contributed by atoms with Crippen molar-refractivity contribution in [3.63, 3.8) is 0 Å². The number of carbonyl (C=O) groups excluding carboxylic acids is 1. The maximum Gasteiger partial charge on any atom is 0.263 e. The van der Waals surface area contributed by atoms with Crippen molar-refractivity contribution in [1.29, 1.82) is 5.26 Å². The Morgan fingerprint density at radius 3 is 2.47 bits per heavy atom. The minimum atomic E-state index is -0.339. The molecule has 4 heteroatoms. The van der Waals surface area contributed by atoms with Gasteiger partial charge in [-0.15, -0.1) is 0 Å². The van der Waals surface area contributed by atoms with Crippen molar-refractivity contribution in [1.82, 2.24) is 10.6 Å². The average molecular weight is 209 g/mol. The first-order chi connectivity index (χ1) is 6.90. The van der Waals surface area contributed by atoms with Crippen molar-refractivity contribution >= 4 is 5.91 Å². The van der Waals surface area contributed by atoms with Crippen LogP contribution in [0.4, 0.5) is 0 Å². The predicted molar refractivity (Wildman–Crippen MR) is 59.9 cm³/mol. The maximum atomic E-state index is 11.5. The van der Waals surface area contributed by atoms with E-state index in [2.05, 4.69) is 10.6 Å². The molecule has 0 spiro atoms. The smallest absolute Gasteiger partial charge is 0.263 e. The second kappa shape index (κ2) is 6.07. The van der Waals surface area contributed by atoms with Crippen molar-refractivity contribution in [3.8, 4) is 6.07 Å². The molecule has 0 atom stereocenters. The lowest BCUT2D eigenvalue weighted by Gasteiger charge is -2.19. The Hall–Kier alpha value is -1.50. The zero-order valence-electron chi connectivity index (χ0n) is 9.85. The van der Waals surface area contributed by atoms with Crippen LogP contribution < -0.4 is 10.6 Å². The van der Waals surface area contributed by atoms with Crippen molar-refractivity contribution in [2.24, 2.45) is 0 Å². The molecule has 4 nitrogen and oxygen atoms in total. The maximum absolute atomic E-state index is 11.5. The van der Waals surface area contributed by atoms with Crippen molar-refractivity contribution < 1.29 is 4.79 Å². The first-order valence-electron chi connectivity index (χ1n) is 5.07. The number of rotatable bonds is 4. The van der Waals surface area contributed by atoms with Gasteiger partial charge in [-0.05, 0) is 27.2 Å². The molecule has 0 heterocycles. The molecule has 1 amide bonds. The highest BCUT2D eigenvalue weighted by Crippen LogP contribution is 2.01. The molecule has 0 rings (SSSR count). The zero-order chi connectivity index (χ0) is 11.9. The summed E-state index contributed by atoms with van der Waals surface area (Å²) in [6, 6.07) is 1.87. The highest BCUT2D eigenvalue weighted by Gasteiger charge is 2.16. The Balaban J connectivity index is 4.37. The first-order valence-corrected chi connectivity index (χ1v) is 5.07. The molecule has 0 aromatic rings. The Morgan fingerprint density at radius 2 is 2.07 bits per heavy atom. The summed E-state index contributed by atoms with van der Waals surface area (Å²) in [6.45, 7) is 8.40. The molecular weight excluding hydrogens is 190 g/mol. The van der Waals surface area contributed by atoms with E-state index in [9.17, 15) is 4.79 Å². The SMILES string of the molecule is CCCN/C=C(/C#N)C(=O)NC(C)(C)C. The number of carbonyl (C=O) groups is 1. The molecule has 0 aliphatic heterocycles. The van der Waals surface area contributed by atoms with Gasteiger partial charge in [0.1, 0.15) is 11.6 Å². The summed E-state index contributed by atoms with van der Waals surface area (Å²) >= 11 is 0. The van der Waals surface area contributed by atoms with Gasteiger partial charge < -0.3 is 10.6 Å². The molecule has 0 bridgehead atoms. The number of hydrogen-bond acceptors (Lipinski definition) is 3. The van der Waals surface area contributed by atoms with E-state index in [1.54, 1.807) is 0 Å². The van der Waals surface area contributed by atoms with Gasteiger partial charge in [-0.25, -0.2) is 0 Å². The molecule has 2 N–H and O–H groups in total. The summed E-state index contributed by atoms with van der Waals surface area (Å²) in [5.41, 5.74) is -0.212. The molecule has 84 valence electrons. The molecule has 0 fully saturated rings. The normalized spacial score (nSPS) is 11.8. The van der Waals surface area contributed by atoms with Crippen molar-refractivity contribution in [2.75, 3.05) is 6.54 Å². The minimum Gasteiger partial charge on any atom is -0.390 e. The number of nitrogens with zero attached hydrogens (tertiary/aromatic N) is 1. The highest BCUT2D eigenvalue weighted by atomic mass is 16.1. The standard InChI is InChI=1S/C11H19N3O/c1-5-6-13-8-9(7-12)10(15)14-11(2,3)4/h8,13H,5-6H2,1-4H3,(H,14,15)/b9-8-. The van der Waals surface area contributed by atoms with Gasteiger partial charge >= 0.3 is 0 Å². The highest BCUT2D eigenvalue weighted by molar-refractivity contribution is 5.97. The second-order valence-corrected chi connectivity index (χ2v) is 4.33. The van der Waals surface area contributed by atoms with Gasteiger partial charge in [0, 0.05) is 18.3 Å². The van der Waals surface area contributed by atoms with Gasteiger partial charge in [-0.3, -0.25) is 4.79 Å². The van der Waals surface area contributed by atoms with Gasteiger partial charge in [0.15, 0.2) is 0 Å². The molecule has 0 aliphatic rings. The number of amides is 1. The van der Waals surface area contributed by atoms with Gasteiger partial charge in [0.25, 0.3) is 5.91 Å². The Bertz CT molecular complexity index is 281. The Morgan fingerprint density at radius 1 is 1.47 bits per heavy atom. The van der Waals surface area contributed by atoms with Crippen molar-refractivity contribution in [3.05, 3.63) is 11.8 Å². The van der Waals surface area contributed by atoms with E-state index >= 15 is 0 Å². The molecule has 0 saturated carbocycles. The summed E-state index contributed by atoms with van der Waals surface area (Å²) in [4.78, 5) is 11.5. The van der Waals surface area contributed by atoms with Crippen LogP contribution in [0.2, 0.25) is 0 Å². The Labute approximate surface area is 91.4 Å². The van der Waals surface area contributed by atoms with E-state index in [0.717, 1.165) is 13.0 Å². The van der Waals surface area contributed by atoms with E-state index in [0.29, 0.717) is 0 Å². The number of nitrogens with one attached hydrogen (secondary N) is 2. The summed E-state index contributed by atoms with van der Waals surface area (Å²) in [7, 11) is 0. The van der Waals surface area contributed by atoms with Gasteiger partial charge in [0.2, 0.25) is 0 Å². The van der Waals surface area contributed by atoms with Gasteiger partial charge in [-0.2, -0.15) is 5.26 Å². The van der Waals surface area contributed by atoms with Crippen LogP contribution >= 0.6 is 0 Å². The van der Waals surface area contributed by atoms with Gasteiger partial charge in [0.05, 0.1) is 0 Å². The van der Waals surface area contributed by atoms with Gasteiger partial charge in [-0.1, -0.05) is 6.92 Å². The van der Waals surface area contributed by atoms with Crippen LogP contribution in [0.15, 0.2) is 11.8 Å². The topological polar surface area (TPSA) is 64.9 Å². The van der Waals surface area contributed by atoms with Crippen LogP contribution in [0, 0.1) is 11.3 Å². The molecule has 0 radical (unpaired) electrons. The monoisotopic (exact) mass is 209 g/mol. The van der Waals surface area contributed by atoms with Crippen LogP contribution in [-0.4, -0.2) is 18.0 Å². The van der Waals surface area contributed by atoms with E-state index in [1.807, 2.05) is 33.8 Å². The lowest BCUT2D eigenvalue weighted by atomic mass is 10.1. The van der Waals surface area contributed by atoms with E-state index in [1.165, 1.54) is 6.20 Å². The molecule has 0 saturated heterocycles. The first kappa shape index (κ1) is 13.5.